The Bertz CT molecular complexity index is 1030. The molecule has 2 heterocycles. The zero-order valence-electron chi connectivity index (χ0n) is 15.3. The SMILES string of the molecule is CCn1nnc2cc(C(=O)OC(C)C(=O)N3CCc4ccccc43)ccc21. The molecule has 4 rings (SSSR count). The molecule has 0 bridgehead atoms. The number of benzene rings is 2. The summed E-state index contributed by atoms with van der Waals surface area (Å²) in [5.41, 5.74) is 3.86. The summed E-state index contributed by atoms with van der Waals surface area (Å²) in [5, 5.41) is 8.10. The van der Waals surface area contributed by atoms with E-state index in [-0.39, 0.29) is 5.91 Å². The number of fused-ring (bicyclic) bond motifs is 2. The van der Waals surface area contributed by atoms with Crippen molar-refractivity contribution in [2.75, 3.05) is 11.4 Å². The number of esters is 1. The third-order valence-corrected chi connectivity index (χ3v) is 4.83. The van der Waals surface area contributed by atoms with Gasteiger partial charge in [-0.15, -0.1) is 5.10 Å². The Morgan fingerprint density at radius 1 is 1.22 bits per heavy atom. The largest absolute Gasteiger partial charge is 0.449 e. The maximum atomic E-state index is 12.8. The third kappa shape index (κ3) is 3.05. The zero-order valence-corrected chi connectivity index (χ0v) is 15.3. The maximum Gasteiger partial charge on any atom is 0.338 e. The van der Waals surface area contributed by atoms with Gasteiger partial charge in [0.15, 0.2) is 6.10 Å². The lowest BCUT2D eigenvalue weighted by Crippen LogP contribution is -2.39. The molecule has 1 amide bonds. The van der Waals surface area contributed by atoms with Gasteiger partial charge in [0.2, 0.25) is 0 Å². The van der Waals surface area contributed by atoms with Gasteiger partial charge in [-0.25, -0.2) is 9.48 Å². The van der Waals surface area contributed by atoms with Gasteiger partial charge in [0.1, 0.15) is 5.52 Å². The smallest absolute Gasteiger partial charge is 0.338 e. The van der Waals surface area contributed by atoms with Crippen molar-refractivity contribution in [2.24, 2.45) is 0 Å². The first kappa shape index (κ1) is 17.2. The van der Waals surface area contributed by atoms with Gasteiger partial charge in [0.25, 0.3) is 5.91 Å². The van der Waals surface area contributed by atoms with Gasteiger partial charge in [0.05, 0.1) is 11.1 Å². The third-order valence-electron chi connectivity index (χ3n) is 4.83. The van der Waals surface area contributed by atoms with Gasteiger partial charge >= 0.3 is 5.97 Å². The Hall–Kier alpha value is -3.22. The molecule has 7 heteroatoms. The van der Waals surface area contributed by atoms with Crippen molar-refractivity contribution in [3.8, 4) is 0 Å². The molecule has 3 aromatic rings. The molecule has 0 radical (unpaired) electrons. The monoisotopic (exact) mass is 364 g/mol. The number of hydrogen-bond donors (Lipinski definition) is 0. The summed E-state index contributed by atoms with van der Waals surface area (Å²) in [4.78, 5) is 26.9. The van der Waals surface area contributed by atoms with E-state index in [0.29, 0.717) is 24.2 Å². The van der Waals surface area contributed by atoms with E-state index in [4.69, 9.17) is 4.74 Å². The second-order valence-corrected chi connectivity index (χ2v) is 6.52. The van der Waals surface area contributed by atoms with Crippen LogP contribution in [0, 0.1) is 0 Å². The highest BCUT2D eigenvalue weighted by Gasteiger charge is 2.30. The van der Waals surface area contributed by atoms with Crippen molar-refractivity contribution < 1.29 is 14.3 Å². The van der Waals surface area contributed by atoms with Gasteiger partial charge in [-0.05, 0) is 50.1 Å². The van der Waals surface area contributed by atoms with E-state index in [9.17, 15) is 9.59 Å². The minimum Gasteiger partial charge on any atom is -0.449 e. The predicted molar refractivity (Wildman–Crippen MR) is 101 cm³/mol. The van der Waals surface area contributed by atoms with Crippen LogP contribution in [0.3, 0.4) is 0 Å². The fraction of sp³-hybridized carbons (Fsp3) is 0.300. The number of rotatable bonds is 4. The average molecular weight is 364 g/mol. The number of ether oxygens (including phenoxy) is 1. The topological polar surface area (TPSA) is 77.3 Å². The number of carbonyl (C=O) groups is 2. The number of para-hydroxylation sites is 1. The minimum absolute atomic E-state index is 0.216. The number of anilines is 1. The van der Waals surface area contributed by atoms with Gasteiger partial charge in [0, 0.05) is 18.8 Å². The van der Waals surface area contributed by atoms with E-state index >= 15 is 0 Å². The highest BCUT2D eigenvalue weighted by atomic mass is 16.5. The number of amides is 1. The Kier molecular flexibility index (Phi) is 4.35. The summed E-state index contributed by atoms with van der Waals surface area (Å²) in [7, 11) is 0. The summed E-state index contributed by atoms with van der Waals surface area (Å²) >= 11 is 0. The second kappa shape index (κ2) is 6.83. The zero-order chi connectivity index (χ0) is 19.0. The lowest BCUT2D eigenvalue weighted by Gasteiger charge is -2.21. The van der Waals surface area contributed by atoms with E-state index in [1.165, 1.54) is 0 Å². The molecule has 138 valence electrons. The van der Waals surface area contributed by atoms with E-state index in [0.717, 1.165) is 23.2 Å². The Balaban J connectivity index is 1.48. The van der Waals surface area contributed by atoms with Gasteiger partial charge in [-0.2, -0.15) is 0 Å². The van der Waals surface area contributed by atoms with Crippen molar-refractivity contribution in [3.05, 3.63) is 53.6 Å². The lowest BCUT2D eigenvalue weighted by molar-refractivity contribution is -0.126. The molecule has 27 heavy (non-hydrogen) atoms. The van der Waals surface area contributed by atoms with E-state index in [1.807, 2.05) is 31.2 Å². The van der Waals surface area contributed by atoms with Crippen molar-refractivity contribution >= 4 is 28.6 Å². The Morgan fingerprint density at radius 2 is 2.04 bits per heavy atom. The van der Waals surface area contributed by atoms with Crippen LogP contribution < -0.4 is 4.90 Å². The van der Waals surface area contributed by atoms with Crippen LogP contribution in [0.2, 0.25) is 0 Å². The second-order valence-electron chi connectivity index (χ2n) is 6.52. The number of carbonyl (C=O) groups excluding carboxylic acids is 2. The van der Waals surface area contributed by atoms with Gasteiger partial charge in [-0.1, -0.05) is 23.4 Å². The fourth-order valence-electron chi connectivity index (χ4n) is 3.40. The molecule has 2 aromatic carbocycles. The van der Waals surface area contributed by atoms with Gasteiger partial charge in [-0.3, -0.25) is 4.79 Å². The first-order chi connectivity index (χ1) is 13.1. The molecule has 1 aliphatic rings. The Morgan fingerprint density at radius 3 is 2.85 bits per heavy atom. The molecule has 7 nitrogen and oxygen atoms in total. The van der Waals surface area contributed by atoms with Crippen molar-refractivity contribution in [1.82, 2.24) is 15.0 Å². The molecule has 1 aliphatic heterocycles. The fourth-order valence-corrected chi connectivity index (χ4v) is 3.40. The van der Waals surface area contributed by atoms with E-state index < -0.39 is 12.1 Å². The van der Waals surface area contributed by atoms with Crippen LogP contribution in [0.4, 0.5) is 5.69 Å². The van der Waals surface area contributed by atoms with Crippen LogP contribution >= 0.6 is 0 Å². The van der Waals surface area contributed by atoms with Crippen molar-refractivity contribution in [1.29, 1.82) is 0 Å². The molecule has 0 saturated carbocycles. The van der Waals surface area contributed by atoms with Crippen molar-refractivity contribution in [2.45, 2.75) is 32.9 Å². The number of aryl methyl sites for hydroxylation is 1. The lowest BCUT2D eigenvalue weighted by atomic mass is 10.2. The first-order valence-electron chi connectivity index (χ1n) is 9.02. The predicted octanol–water partition coefficient (Wildman–Crippen LogP) is 2.59. The Labute approximate surface area is 156 Å². The molecular weight excluding hydrogens is 344 g/mol. The number of hydrogen-bond acceptors (Lipinski definition) is 5. The van der Waals surface area contributed by atoms with Crippen LogP contribution in [-0.2, 0) is 22.5 Å². The van der Waals surface area contributed by atoms with Crippen LogP contribution in [0.25, 0.3) is 11.0 Å². The minimum atomic E-state index is -0.870. The highest BCUT2D eigenvalue weighted by molar-refractivity contribution is 6.01. The average Bonchev–Trinajstić information content (AvgIpc) is 3.30. The quantitative estimate of drug-likeness (QED) is 0.665. The van der Waals surface area contributed by atoms with Crippen LogP contribution in [-0.4, -0.2) is 39.5 Å². The summed E-state index contributed by atoms with van der Waals surface area (Å²) in [6.07, 6.45) is -0.0579. The van der Waals surface area contributed by atoms with E-state index in [1.54, 1.807) is 34.7 Å². The normalized spacial score (nSPS) is 14.2. The summed E-state index contributed by atoms with van der Waals surface area (Å²) in [5.74, 6) is -0.761. The maximum absolute atomic E-state index is 12.8. The number of nitrogens with zero attached hydrogens (tertiary/aromatic N) is 4. The molecule has 0 N–H and O–H groups in total. The molecule has 0 saturated heterocycles. The molecular formula is C20H20N4O3. The van der Waals surface area contributed by atoms with E-state index in [2.05, 4.69) is 10.3 Å². The van der Waals surface area contributed by atoms with Crippen LogP contribution in [0.5, 0.6) is 0 Å². The molecule has 0 aliphatic carbocycles. The van der Waals surface area contributed by atoms with Crippen LogP contribution in [0.15, 0.2) is 42.5 Å². The molecule has 1 atom stereocenters. The molecule has 0 spiro atoms. The van der Waals surface area contributed by atoms with Crippen molar-refractivity contribution in [3.63, 3.8) is 0 Å². The molecule has 1 aromatic heterocycles. The summed E-state index contributed by atoms with van der Waals surface area (Å²) in [6.45, 7) is 4.88. The summed E-state index contributed by atoms with van der Waals surface area (Å²) < 4.78 is 7.17. The number of aromatic nitrogens is 3. The standard InChI is InChI=1S/C20H20N4O3/c1-3-24-18-9-8-15(12-16(18)21-22-24)20(26)27-13(2)19(25)23-11-10-14-6-4-5-7-17(14)23/h4-9,12-13H,3,10-11H2,1-2H3. The molecule has 1 unspecified atom stereocenters. The van der Waals surface area contributed by atoms with Gasteiger partial charge < -0.3 is 9.64 Å². The first-order valence-corrected chi connectivity index (χ1v) is 9.02. The molecule has 0 fully saturated rings. The van der Waals surface area contributed by atoms with Crippen LogP contribution in [0.1, 0.15) is 29.8 Å². The highest BCUT2D eigenvalue weighted by Crippen LogP contribution is 2.28. The summed E-state index contributed by atoms with van der Waals surface area (Å²) in [6, 6.07) is 12.9.